The number of amides is 1. The lowest BCUT2D eigenvalue weighted by Crippen LogP contribution is -2.33. The van der Waals surface area contributed by atoms with Gasteiger partial charge < -0.3 is 5.32 Å². The zero-order chi connectivity index (χ0) is 18.1. The van der Waals surface area contributed by atoms with Gasteiger partial charge in [0.2, 0.25) is 5.91 Å². The Bertz CT molecular complexity index is 1180. The van der Waals surface area contributed by atoms with Crippen molar-refractivity contribution in [2.75, 3.05) is 0 Å². The number of rotatable bonds is 4. The predicted octanol–water partition coefficient (Wildman–Crippen LogP) is 2.01. The number of hydrogen-bond acceptors (Lipinski definition) is 4. The minimum atomic E-state index is -0.301. The molecule has 0 bridgehead atoms. The first-order valence-electron chi connectivity index (χ1n) is 7.97. The van der Waals surface area contributed by atoms with Crippen molar-refractivity contribution in [3.05, 3.63) is 75.7 Å². The van der Waals surface area contributed by atoms with Crippen molar-refractivity contribution in [1.29, 1.82) is 0 Å². The fourth-order valence-electron chi connectivity index (χ4n) is 2.86. The van der Waals surface area contributed by atoms with E-state index in [0.717, 1.165) is 5.56 Å². The van der Waals surface area contributed by atoms with E-state index < -0.39 is 0 Å². The molecular weight excluding hydrogens is 354 g/mol. The van der Waals surface area contributed by atoms with Gasteiger partial charge in [0.25, 0.3) is 5.56 Å². The molecule has 0 fully saturated rings. The zero-order valence-corrected chi connectivity index (χ0v) is 14.3. The summed E-state index contributed by atoms with van der Waals surface area (Å²) in [4.78, 5) is 25.2. The molecule has 2 aromatic heterocycles. The van der Waals surface area contributed by atoms with Gasteiger partial charge in [-0.15, -0.1) is 5.10 Å². The van der Waals surface area contributed by atoms with Gasteiger partial charge in [-0.05, 0) is 23.8 Å². The van der Waals surface area contributed by atoms with Crippen molar-refractivity contribution >= 4 is 34.1 Å². The van der Waals surface area contributed by atoms with Crippen LogP contribution in [0.15, 0.2) is 59.5 Å². The quantitative estimate of drug-likeness (QED) is 0.598. The van der Waals surface area contributed by atoms with Gasteiger partial charge in [0, 0.05) is 11.6 Å². The van der Waals surface area contributed by atoms with Crippen LogP contribution in [0.5, 0.6) is 0 Å². The number of fused-ring (bicyclic) bond motifs is 3. The van der Waals surface area contributed by atoms with Crippen molar-refractivity contribution in [1.82, 2.24) is 24.7 Å². The largest absolute Gasteiger partial charge is 0.350 e. The molecule has 7 nitrogen and oxygen atoms in total. The fraction of sp³-hybridized carbons (Fsp3) is 0.111. The van der Waals surface area contributed by atoms with Crippen molar-refractivity contribution in [2.45, 2.75) is 13.1 Å². The lowest BCUT2D eigenvalue weighted by atomic mass is 10.2. The topological polar surface area (TPSA) is 81.3 Å². The summed E-state index contributed by atoms with van der Waals surface area (Å²) in [6.07, 6.45) is 1.47. The van der Waals surface area contributed by atoms with Gasteiger partial charge in [-0.2, -0.15) is 4.52 Å². The molecule has 2 aromatic carbocycles. The lowest BCUT2D eigenvalue weighted by Gasteiger charge is -2.11. The SMILES string of the molecule is O=C(Cn1c(=O)c2ccccc2n2nncc12)NCc1ccccc1Cl. The second-order valence-electron chi connectivity index (χ2n) is 5.78. The van der Waals surface area contributed by atoms with E-state index in [1.807, 2.05) is 24.3 Å². The molecule has 2 heterocycles. The van der Waals surface area contributed by atoms with E-state index in [1.54, 1.807) is 28.8 Å². The van der Waals surface area contributed by atoms with Gasteiger partial charge in [-0.3, -0.25) is 14.2 Å². The van der Waals surface area contributed by atoms with E-state index in [4.69, 9.17) is 11.6 Å². The second-order valence-corrected chi connectivity index (χ2v) is 6.19. The molecule has 0 unspecified atom stereocenters. The Labute approximate surface area is 152 Å². The van der Waals surface area contributed by atoms with E-state index in [9.17, 15) is 9.59 Å². The van der Waals surface area contributed by atoms with Gasteiger partial charge in [0.15, 0.2) is 5.65 Å². The van der Waals surface area contributed by atoms with Crippen LogP contribution < -0.4 is 10.9 Å². The highest BCUT2D eigenvalue weighted by atomic mass is 35.5. The summed E-state index contributed by atoms with van der Waals surface area (Å²) in [6, 6.07) is 14.4. The molecule has 0 aliphatic heterocycles. The molecule has 0 radical (unpaired) electrons. The molecule has 8 heteroatoms. The van der Waals surface area contributed by atoms with Crippen LogP contribution in [0.1, 0.15) is 5.56 Å². The number of carbonyl (C=O) groups excluding carboxylic acids is 1. The molecule has 4 aromatic rings. The molecule has 0 spiro atoms. The minimum absolute atomic E-state index is 0.134. The molecule has 0 saturated carbocycles. The third kappa shape index (κ3) is 2.82. The van der Waals surface area contributed by atoms with Crippen LogP contribution in [0, 0.1) is 0 Å². The number of aromatic nitrogens is 4. The predicted molar refractivity (Wildman–Crippen MR) is 98.1 cm³/mol. The normalized spacial score (nSPS) is 11.1. The highest BCUT2D eigenvalue weighted by Crippen LogP contribution is 2.14. The van der Waals surface area contributed by atoms with E-state index in [0.29, 0.717) is 21.6 Å². The standard InChI is InChI=1S/C18H14ClN5O2/c19-14-7-3-1-5-12(14)9-20-16(25)11-23-17-10-21-22-24(17)15-8-4-2-6-13(15)18(23)26/h1-8,10H,9,11H2,(H,20,25). The molecular formula is C18H14ClN5O2. The number of para-hydroxylation sites is 1. The number of nitrogens with zero attached hydrogens (tertiary/aromatic N) is 4. The highest BCUT2D eigenvalue weighted by molar-refractivity contribution is 6.31. The Morgan fingerprint density at radius 1 is 1.12 bits per heavy atom. The number of carbonyl (C=O) groups is 1. The van der Waals surface area contributed by atoms with Crippen LogP contribution in [0.3, 0.4) is 0 Å². The van der Waals surface area contributed by atoms with Crippen LogP contribution in [-0.4, -0.2) is 25.3 Å². The summed E-state index contributed by atoms with van der Waals surface area (Å²) in [5, 5.41) is 11.7. The van der Waals surface area contributed by atoms with Crippen LogP contribution in [0.25, 0.3) is 16.6 Å². The van der Waals surface area contributed by atoms with Gasteiger partial charge in [-0.1, -0.05) is 47.1 Å². The number of hydrogen-bond donors (Lipinski definition) is 1. The van der Waals surface area contributed by atoms with Gasteiger partial charge in [-0.25, -0.2) is 0 Å². The summed E-state index contributed by atoms with van der Waals surface area (Å²) in [6.45, 7) is 0.152. The molecule has 4 rings (SSSR count). The summed E-state index contributed by atoms with van der Waals surface area (Å²) >= 11 is 6.10. The van der Waals surface area contributed by atoms with E-state index in [-0.39, 0.29) is 24.6 Å². The van der Waals surface area contributed by atoms with E-state index in [1.165, 1.54) is 10.8 Å². The maximum Gasteiger partial charge on any atom is 0.262 e. The first-order valence-corrected chi connectivity index (χ1v) is 8.35. The highest BCUT2D eigenvalue weighted by Gasteiger charge is 2.14. The van der Waals surface area contributed by atoms with E-state index >= 15 is 0 Å². The van der Waals surface area contributed by atoms with Crippen molar-refractivity contribution in [3.63, 3.8) is 0 Å². The van der Waals surface area contributed by atoms with Crippen molar-refractivity contribution < 1.29 is 4.79 Å². The molecule has 130 valence electrons. The fourth-order valence-corrected chi connectivity index (χ4v) is 3.06. The Hall–Kier alpha value is -3.19. The average molecular weight is 368 g/mol. The number of halogens is 1. The monoisotopic (exact) mass is 367 g/mol. The van der Waals surface area contributed by atoms with Gasteiger partial charge >= 0.3 is 0 Å². The van der Waals surface area contributed by atoms with Crippen LogP contribution in [-0.2, 0) is 17.9 Å². The van der Waals surface area contributed by atoms with Crippen molar-refractivity contribution in [2.24, 2.45) is 0 Å². The Morgan fingerprint density at radius 3 is 2.73 bits per heavy atom. The summed E-state index contributed by atoms with van der Waals surface area (Å²) in [5.74, 6) is -0.301. The summed E-state index contributed by atoms with van der Waals surface area (Å²) in [7, 11) is 0. The second kappa shape index (κ2) is 6.61. The maximum atomic E-state index is 12.8. The van der Waals surface area contributed by atoms with Gasteiger partial charge in [0.05, 0.1) is 17.1 Å². The van der Waals surface area contributed by atoms with E-state index in [2.05, 4.69) is 15.6 Å². The molecule has 1 amide bonds. The first kappa shape index (κ1) is 16.3. The van der Waals surface area contributed by atoms with Gasteiger partial charge in [0.1, 0.15) is 6.54 Å². The average Bonchev–Trinajstić information content (AvgIpc) is 3.14. The number of benzene rings is 2. The molecule has 0 aliphatic carbocycles. The first-order chi connectivity index (χ1) is 12.6. The van der Waals surface area contributed by atoms with Crippen LogP contribution in [0.4, 0.5) is 0 Å². The van der Waals surface area contributed by atoms with Crippen LogP contribution in [0.2, 0.25) is 5.02 Å². The third-order valence-electron chi connectivity index (χ3n) is 4.15. The maximum absolute atomic E-state index is 12.8. The summed E-state index contributed by atoms with van der Waals surface area (Å²) in [5.41, 5.74) is 1.66. The van der Waals surface area contributed by atoms with Crippen LogP contribution >= 0.6 is 11.6 Å². The third-order valence-corrected chi connectivity index (χ3v) is 4.52. The minimum Gasteiger partial charge on any atom is -0.350 e. The molecule has 0 atom stereocenters. The number of nitrogens with one attached hydrogen (secondary N) is 1. The Kier molecular flexibility index (Phi) is 4.14. The smallest absolute Gasteiger partial charge is 0.262 e. The molecule has 26 heavy (non-hydrogen) atoms. The molecule has 1 N–H and O–H groups in total. The molecule has 0 saturated heterocycles. The Balaban J connectivity index is 1.65. The lowest BCUT2D eigenvalue weighted by molar-refractivity contribution is -0.121. The Morgan fingerprint density at radius 2 is 1.88 bits per heavy atom. The van der Waals surface area contributed by atoms with Crippen molar-refractivity contribution in [3.8, 4) is 0 Å². The zero-order valence-electron chi connectivity index (χ0n) is 13.6. The summed E-state index contributed by atoms with van der Waals surface area (Å²) < 4.78 is 2.92. The molecule has 0 aliphatic rings.